The van der Waals surface area contributed by atoms with Crippen LogP contribution in [0.2, 0.25) is 0 Å². The van der Waals surface area contributed by atoms with Crippen molar-refractivity contribution in [3.8, 4) is 5.69 Å². The van der Waals surface area contributed by atoms with Crippen molar-refractivity contribution in [2.24, 2.45) is 5.10 Å². The summed E-state index contributed by atoms with van der Waals surface area (Å²) in [5.41, 5.74) is 4.58. The minimum atomic E-state index is 1.08. The lowest BCUT2D eigenvalue weighted by molar-refractivity contribution is 0.877. The Hall–Kier alpha value is -1.96. The highest BCUT2D eigenvalue weighted by Crippen LogP contribution is 2.20. The van der Waals surface area contributed by atoms with Gasteiger partial charge in [0.05, 0.1) is 6.21 Å². The summed E-state index contributed by atoms with van der Waals surface area (Å²) in [6.45, 7) is 4.19. The van der Waals surface area contributed by atoms with Crippen molar-refractivity contribution in [1.82, 2.24) is 19.4 Å². The molecule has 21 heavy (non-hydrogen) atoms. The number of rotatable bonds is 3. The number of aryl methyl sites for hydroxylation is 1. The van der Waals surface area contributed by atoms with Crippen molar-refractivity contribution in [3.05, 3.63) is 63.5 Å². The summed E-state index contributed by atoms with van der Waals surface area (Å²) >= 11 is 2.31. The van der Waals surface area contributed by atoms with E-state index >= 15 is 0 Å². The zero-order chi connectivity index (χ0) is 14.8. The van der Waals surface area contributed by atoms with Crippen LogP contribution in [0.5, 0.6) is 0 Å². The highest BCUT2D eigenvalue weighted by atomic mass is 127. The van der Waals surface area contributed by atoms with E-state index in [1.54, 1.807) is 17.3 Å². The summed E-state index contributed by atoms with van der Waals surface area (Å²) in [6, 6.07) is 10.6. The number of aromatic nitrogens is 4. The monoisotopic (exact) mass is 391 g/mol. The van der Waals surface area contributed by atoms with Crippen LogP contribution in [0.25, 0.3) is 5.69 Å². The number of nitrogens with zero attached hydrogens (tertiary/aromatic N) is 5. The van der Waals surface area contributed by atoms with Crippen LogP contribution in [0.1, 0.15) is 17.0 Å². The molecule has 0 N–H and O–H groups in total. The summed E-state index contributed by atoms with van der Waals surface area (Å²) in [7, 11) is 0. The van der Waals surface area contributed by atoms with Gasteiger partial charge in [-0.1, -0.05) is 0 Å². The number of hydrogen-bond donors (Lipinski definition) is 0. The van der Waals surface area contributed by atoms with Crippen LogP contribution in [0, 0.1) is 17.4 Å². The van der Waals surface area contributed by atoms with Crippen LogP contribution in [0.4, 0.5) is 0 Å². The Kier molecular flexibility index (Phi) is 3.87. The highest BCUT2D eigenvalue weighted by molar-refractivity contribution is 14.1. The average Bonchev–Trinajstić information content (AvgIpc) is 3.07. The molecule has 0 amide bonds. The Morgan fingerprint density at radius 1 is 1.10 bits per heavy atom. The van der Waals surface area contributed by atoms with Crippen LogP contribution in [-0.2, 0) is 0 Å². The van der Waals surface area contributed by atoms with Crippen LogP contribution in [0.15, 0.2) is 48.1 Å². The zero-order valence-corrected chi connectivity index (χ0v) is 13.9. The lowest BCUT2D eigenvalue weighted by Gasteiger charge is -2.09. The molecule has 1 aromatic carbocycles. The van der Waals surface area contributed by atoms with Gasteiger partial charge in [0.2, 0.25) is 0 Å². The number of benzene rings is 1. The second-order valence-electron chi connectivity index (χ2n) is 4.72. The maximum atomic E-state index is 4.31. The average molecular weight is 391 g/mol. The third-order valence-corrected chi connectivity index (χ3v) is 4.01. The maximum absolute atomic E-state index is 4.31. The number of hydrogen-bond acceptors (Lipinski definition) is 3. The minimum Gasteiger partial charge on any atom is -0.318 e. The fourth-order valence-corrected chi connectivity index (χ4v) is 2.65. The van der Waals surface area contributed by atoms with Crippen molar-refractivity contribution in [2.75, 3.05) is 0 Å². The lowest BCUT2D eigenvalue weighted by Crippen LogP contribution is -1.99. The van der Waals surface area contributed by atoms with E-state index < -0.39 is 0 Å². The molecular formula is C15H14IN5. The fraction of sp³-hybridized carbons (Fsp3) is 0.133. The summed E-state index contributed by atoms with van der Waals surface area (Å²) in [5.74, 6) is 0. The second-order valence-corrected chi connectivity index (χ2v) is 5.97. The zero-order valence-electron chi connectivity index (χ0n) is 11.7. The van der Waals surface area contributed by atoms with E-state index in [2.05, 4.69) is 86.6 Å². The summed E-state index contributed by atoms with van der Waals surface area (Å²) < 4.78 is 5.04. The normalized spacial score (nSPS) is 11.4. The summed E-state index contributed by atoms with van der Waals surface area (Å²) in [4.78, 5) is 0. The Labute approximate surface area is 136 Å². The topological polar surface area (TPSA) is 48.0 Å². The van der Waals surface area contributed by atoms with Gasteiger partial charge in [-0.25, -0.2) is 4.68 Å². The van der Waals surface area contributed by atoms with Gasteiger partial charge in [0, 0.05) is 26.2 Å². The molecule has 0 fully saturated rings. The van der Waals surface area contributed by atoms with Crippen molar-refractivity contribution >= 4 is 28.8 Å². The molecule has 2 heterocycles. The van der Waals surface area contributed by atoms with E-state index in [0.717, 1.165) is 16.9 Å². The quantitative estimate of drug-likeness (QED) is 0.509. The predicted octanol–water partition coefficient (Wildman–Crippen LogP) is 3.17. The van der Waals surface area contributed by atoms with Gasteiger partial charge in [0.15, 0.2) is 0 Å². The molecule has 6 heteroatoms. The first kappa shape index (κ1) is 14.0. The largest absolute Gasteiger partial charge is 0.318 e. The molecule has 0 aliphatic carbocycles. The third-order valence-electron chi connectivity index (χ3n) is 3.29. The van der Waals surface area contributed by atoms with E-state index in [9.17, 15) is 0 Å². The molecule has 0 unspecified atom stereocenters. The predicted molar refractivity (Wildman–Crippen MR) is 91.0 cm³/mol. The fourth-order valence-electron chi connectivity index (χ4n) is 2.29. The molecule has 0 atom stereocenters. The molecule has 106 valence electrons. The lowest BCUT2D eigenvalue weighted by atomic mass is 10.2. The minimum absolute atomic E-state index is 1.08. The van der Waals surface area contributed by atoms with Crippen molar-refractivity contribution < 1.29 is 0 Å². The molecular weight excluding hydrogens is 377 g/mol. The van der Waals surface area contributed by atoms with Gasteiger partial charge >= 0.3 is 0 Å². The third kappa shape index (κ3) is 2.90. The van der Waals surface area contributed by atoms with E-state index in [-0.39, 0.29) is 0 Å². The Bertz CT molecular complexity index is 769. The summed E-state index contributed by atoms with van der Waals surface area (Å²) in [6.07, 6.45) is 4.96. The molecule has 0 radical (unpaired) electrons. The summed E-state index contributed by atoms with van der Waals surface area (Å²) in [5, 5.41) is 11.8. The van der Waals surface area contributed by atoms with Crippen LogP contribution in [-0.4, -0.2) is 25.7 Å². The molecule has 3 rings (SSSR count). The van der Waals surface area contributed by atoms with Crippen LogP contribution < -0.4 is 0 Å². The molecule has 0 aliphatic rings. The van der Waals surface area contributed by atoms with Gasteiger partial charge in [-0.3, -0.25) is 0 Å². The van der Waals surface area contributed by atoms with E-state index in [1.807, 2.05) is 6.21 Å². The maximum Gasteiger partial charge on any atom is 0.141 e. The molecule has 0 aliphatic heterocycles. The molecule has 3 aromatic rings. The molecule has 0 spiro atoms. The molecule has 5 nitrogen and oxygen atoms in total. The van der Waals surface area contributed by atoms with Gasteiger partial charge < -0.3 is 4.57 Å². The number of halogens is 1. The Morgan fingerprint density at radius 3 is 2.43 bits per heavy atom. The first-order chi connectivity index (χ1) is 10.1. The van der Waals surface area contributed by atoms with Gasteiger partial charge in [0.1, 0.15) is 12.7 Å². The first-order valence-electron chi connectivity index (χ1n) is 6.49. The second kappa shape index (κ2) is 5.80. The van der Waals surface area contributed by atoms with Crippen LogP contribution in [0.3, 0.4) is 0 Å². The molecule has 2 aromatic heterocycles. The van der Waals surface area contributed by atoms with Gasteiger partial charge in [-0.05, 0) is 66.8 Å². The van der Waals surface area contributed by atoms with Crippen LogP contribution >= 0.6 is 22.6 Å². The van der Waals surface area contributed by atoms with Gasteiger partial charge in [0.25, 0.3) is 0 Å². The van der Waals surface area contributed by atoms with Gasteiger partial charge in [-0.2, -0.15) is 5.10 Å². The first-order valence-corrected chi connectivity index (χ1v) is 7.57. The smallest absolute Gasteiger partial charge is 0.141 e. The Morgan fingerprint density at radius 2 is 1.76 bits per heavy atom. The van der Waals surface area contributed by atoms with E-state index in [1.165, 1.54) is 9.26 Å². The molecule has 0 bridgehead atoms. The molecule has 0 saturated carbocycles. The molecule has 0 saturated heterocycles. The SMILES string of the molecule is Cc1cc(C=Nn2cnnc2)c(C)n1-c1ccc(I)cc1. The van der Waals surface area contributed by atoms with Crippen molar-refractivity contribution in [2.45, 2.75) is 13.8 Å². The van der Waals surface area contributed by atoms with Crippen molar-refractivity contribution in [3.63, 3.8) is 0 Å². The van der Waals surface area contributed by atoms with E-state index in [0.29, 0.717) is 0 Å². The van der Waals surface area contributed by atoms with E-state index in [4.69, 9.17) is 0 Å². The highest BCUT2D eigenvalue weighted by Gasteiger charge is 2.09. The van der Waals surface area contributed by atoms with Gasteiger partial charge in [-0.15, -0.1) is 10.2 Å². The Balaban J connectivity index is 1.98. The van der Waals surface area contributed by atoms with Crippen molar-refractivity contribution in [1.29, 1.82) is 0 Å². The standard InChI is InChI=1S/C15H14IN5/c1-11-7-13(8-19-20-9-17-18-10-20)12(2)21(11)15-5-3-14(16)4-6-15/h3-10H,1-2H3.